The third kappa shape index (κ3) is 4.71. The minimum absolute atomic E-state index is 0.116. The Morgan fingerprint density at radius 3 is 2.51 bits per heavy atom. The molecule has 0 amide bonds. The Morgan fingerprint density at radius 1 is 1.14 bits per heavy atom. The third-order valence-electron chi connectivity index (χ3n) is 6.62. The van der Waals surface area contributed by atoms with E-state index in [9.17, 15) is 28.2 Å². The van der Waals surface area contributed by atoms with Crippen molar-refractivity contribution in [1.29, 1.82) is 0 Å². The molecule has 35 heavy (non-hydrogen) atoms. The number of aromatic nitrogens is 2. The van der Waals surface area contributed by atoms with Crippen LogP contribution in [0.1, 0.15) is 54.4 Å². The normalized spacial score (nSPS) is 24.4. The van der Waals surface area contributed by atoms with Gasteiger partial charge in [0.25, 0.3) is 0 Å². The van der Waals surface area contributed by atoms with E-state index in [1.165, 1.54) is 12.4 Å². The molecular formula is C26H25F3N2O4. The van der Waals surface area contributed by atoms with E-state index >= 15 is 0 Å². The van der Waals surface area contributed by atoms with Gasteiger partial charge in [-0.25, -0.2) is 18.2 Å². The molecule has 2 aromatic heterocycles. The van der Waals surface area contributed by atoms with E-state index in [-0.39, 0.29) is 18.5 Å². The number of rotatable bonds is 6. The molecule has 184 valence electrons. The highest BCUT2D eigenvalue weighted by atomic mass is 19.1. The standard InChI is InChI=1S/C26H25F3N2O4/c1-3-26(34)14(2)35-22(12-23(26)33)16-9-10-30-13-15(16)11-21(32)20-8-7-19(29)25(31-20)24-17(27)5-4-6-18(24)28/h4-10,13-14,22-23,33-34H,3,11-12H2,1-2H3/t14-,22-,23-,26-/m0/s1. The quantitative estimate of drug-likeness (QED) is 0.504. The highest BCUT2D eigenvalue weighted by molar-refractivity contribution is 5.96. The number of carbonyl (C=O) groups is 1. The summed E-state index contributed by atoms with van der Waals surface area (Å²) in [6, 6.07) is 6.88. The van der Waals surface area contributed by atoms with Gasteiger partial charge in [-0.05, 0) is 54.8 Å². The van der Waals surface area contributed by atoms with Crippen LogP contribution in [0.25, 0.3) is 11.3 Å². The molecule has 3 aromatic rings. The number of benzene rings is 1. The zero-order valence-electron chi connectivity index (χ0n) is 19.2. The van der Waals surface area contributed by atoms with Gasteiger partial charge >= 0.3 is 0 Å². The number of pyridine rings is 2. The molecule has 1 aromatic carbocycles. The molecule has 1 saturated heterocycles. The lowest BCUT2D eigenvalue weighted by molar-refractivity contribution is -0.224. The summed E-state index contributed by atoms with van der Waals surface area (Å²) in [5, 5.41) is 21.3. The number of halogens is 3. The van der Waals surface area contributed by atoms with Crippen LogP contribution < -0.4 is 0 Å². The van der Waals surface area contributed by atoms with Gasteiger partial charge < -0.3 is 14.9 Å². The smallest absolute Gasteiger partial charge is 0.185 e. The number of Topliss-reactive ketones (excluding diaryl/α,β-unsaturated/α-hetero) is 1. The van der Waals surface area contributed by atoms with E-state index in [4.69, 9.17) is 4.74 Å². The number of carbonyl (C=O) groups excluding carboxylic acids is 1. The van der Waals surface area contributed by atoms with Crippen molar-refractivity contribution >= 4 is 5.78 Å². The summed E-state index contributed by atoms with van der Waals surface area (Å²) in [7, 11) is 0. The zero-order valence-corrected chi connectivity index (χ0v) is 19.2. The Bertz CT molecular complexity index is 1220. The predicted octanol–water partition coefficient (Wildman–Crippen LogP) is 4.34. The van der Waals surface area contributed by atoms with Crippen LogP contribution in [0.3, 0.4) is 0 Å². The van der Waals surface area contributed by atoms with Gasteiger partial charge in [0.2, 0.25) is 0 Å². The minimum atomic E-state index is -1.38. The van der Waals surface area contributed by atoms with Crippen LogP contribution >= 0.6 is 0 Å². The number of hydrogen-bond donors (Lipinski definition) is 2. The number of hydrogen-bond acceptors (Lipinski definition) is 6. The van der Waals surface area contributed by atoms with Crippen molar-refractivity contribution in [2.24, 2.45) is 0 Å². The Hall–Kier alpha value is -3.14. The topological polar surface area (TPSA) is 92.5 Å². The molecule has 6 nitrogen and oxygen atoms in total. The van der Waals surface area contributed by atoms with Crippen LogP contribution in [0.5, 0.6) is 0 Å². The molecule has 1 aliphatic rings. The first kappa shape index (κ1) is 25.0. The molecule has 0 radical (unpaired) electrons. The Labute approximate surface area is 200 Å². The van der Waals surface area contributed by atoms with Crippen LogP contribution in [0.2, 0.25) is 0 Å². The number of aliphatic hydroxyl groups is 2. The van der Waals surface area contributed by atoms with Crippen LogP contribution in [0.4, 0.5) is 13.2 Å². The van der Waals surface area contributed by atoms with Crippen molar-refractivity contribution in [1.82, 2.24) is 9.97 Å². The lowest BCUT2D eigenvalue weighted by Gasteiger charge is -2.45. The molecule has 0 bridgehead atoms. The van der Waals surface area contributed by atoms with Gasteiger partial charge in [0, 0.05) is 25.2 Å². The van der Waals surface area contributed by atoms with Gasteiger partial charge in [-0.15, -0.1) is 0 Å². The third-order valence-corrected chi connectivity index (χ3v) is 6.62. The highest BCUT2D eigenvalue weighted by Crippen LogP contribution is 2.39. The van der Waals surface area contributed by atoms with E-state index in [0.29, 0.717) is 17.5 Å². The van der Waals surface area contributed by atoms with E-state index in [0.717, 1.165) is 30.3 Å². The zero-order chi connectivity index (χ0) is 25.3. The second-order valence-electron chi connectivity index (χ2n) is 8.66. The fraction of sp³-hybridized carbons (Fsp3) is 0.346. The molecule has 1 fully saturated rings. The monoisotopic (exact) mass is 486 g/mol. The van der Waals surface area contributed by atoms with Gasteiger partial charge in [-0.1, -0.05) is 13.0 Å². The SMILES string of the molecule is CC[C@]1(O)[C@H](C)O[C@H](c2ccncc2CC(=O)c2ccc(F)c(-c3c(F)cccc3F)n2)C[C@@H]1O. The maximum absolute atomic E-state index is 14.4. The van der Waals surface area contributed by atoms with E-state index < -0.39 is 58.4 Å². The molecule has 1 aliphatic heterocycles. The second kappa shape index (κ2) is 9.85. The molecule has 0 aliphatic carbocycles. The van der Waals surface area contributed by atoms with Gasteiger partial charge in [-0.2, -0.15) is 0 Å². The summed E-state index contributed by atoms with van der Waals surface area (Å²) < 4.78 is 48.8. The van der Waals surface area contributed by atoms with Crippen LogP contribution in [0, 0.1) is 17.5 Å². The van der Waals surface area contributed by atoms with Crippen LogP contribution in [-0.2, 0) is 11.2 Å². The fourth-order valence-corrected chi connectivity index (χ4v) is 4.48. The first-order valence-corrected chi connectivity index (χ1v) is 11.3. The Kier molecular flexibility index (Phi) is 7.02. The van der Waals surface area contributed by atoms with Gasteiger partial charge in [0.05, 0.1) is 23.9 Å². The van der Waals surface area contributed by atoms with Crippen molar-refractivity contribution in [2.75, 3.05) is 0 Å². The largest absolute Gasteiger partial charge is 0.390 e. The van der Waals surface area contributed by atoms with Crippen LogP contribution in [0.15, 0.2) is 48.8 Å². The maximum atomic E-state index is 14.4. The second-order valence-corrected chi connectivity index (χ2v) is 8.66. The van der Waals surface area contributed by atoms with Crippen molar-refractivity contribution in [3.05, 3.63) is 83.1 Å². The number of ether oxygens (including phenoxy) is 1. The molecule has 2 N–H and O–H groups in total. The minimum Gasteiger partial charge on any atom is -0.390 e. The van der Waals surface area contributed by atoms with Crippen molar-refractivity contribution in [2.45, 2.75) is 57.0 Å². The first-order chi connectivity index (χ1) is 16.7. The molecule has 4 rings (SSSR count). The van der Waals surface area contributed by atoms with Crippen molar-refractivity contribution in [3.8, 4) is 11.3 Å². The first-order valence-electron chi connectivity index (χ1n) is 11.3. The summed E-state index contributed by atoms with van der Waals surface area (Å²) in [4.78, 5) is 21.1. The van der Waals surface area contributed by atoms with Crippen molar-refractivity contribution < 1.29 is 32.9 Å². The molecule has 0 saturated carbocycles. The lowest BCUT2D eigenvalue weighted by Crippen LogP contribution is -2.56. The number of nitrogens with zero attached hydrogens (tertiary/aromatic N) is 2. The molecule has 3 heterocycles. The fourth-order valence-electron chi connectivity index (χ4n) is 4.48. The number of ketones is 1. The Morgan fingerprint density at radius 2 is 1.86 bits per heavy atom. The number of aliphatic hydroxyl groups excluding tert-OH is 1. The molecule has 4 atom stereocenters. The molecular weight excluding hydrogens is 461 g/mol. The van der Waals surface area contributed by atoms with E-state index in [1.54, 1.807) is 19.9 Å². The summed E-state index contributed by atoms with van der Waals surface area (Å²) in [5.41, 5.74) is -1.69. The summed E-state index contributed by atoms with van der Waals surface area (Å²) in [5.74, 6) is -3.48. The molecule has 0 spiro atoms. The van der Waals surface area contributed by atoms with Crippen molar-refractivity contribution in [3.63, 3.8) is 0 Å². The van der Waals surface area contributed by atoms with Crippen LogP contribution in [-0.4, -0.2) is 43.8 Å². The summed E-state index contributed by atoms with van der Waals surface area (Å²) in [6.07, 6.45) is 0.959. The van der Waals surface area contributed by atoms with Gasteiger partial charge in [-0.3, -0.25) is 9.78 Å². The predicted molar refractivity (Wildman–Crippen MR) is 121 cm³/mol. The molecule has 0 unspecified atom stereocenters. The molecule has 9 heteroatoms. The van der Waals surface area contributed by atoms with E-state index in [1.807, 2.05) is 0 Å². The maximum Gasteiger partial charge on any atom is 0.185 e. The highest BCUT2D eigenvalue weighted by Gasteiger charge is 2.47. The van der Waals surface area contributed by atoms with E-state index in [2.05, 4.69) is 9.97 Å². The average Bonchev–Trinajstić information content (AvgIpc) is 2.83. The van der Waals surface area contributed by atoms with Gasteiger partial charge in [0.15, 0.2) is 5.78 Å². The summed E-state index contributed by atoms with van der Waals surface area (Å²) >= 11 is 0. The average molecular weight is 486 g/mol. The lowest BCUT2D eigenvalue weighted by atomic mass is 9.81. The summed E-state index contributed by atoms with van der Waals surface area (Å²) in [6.45, 7) is 3.44. The Balaban J connectivity index is 1.62. The van der Waals surface area contributed by atoms with Gasteiger partial charge in [0.1, 0.15) is 34.4 Å².